The van der Waals surface area contributed by atoms with E-state index >= 15 is 0 Å². The van der Waals surface area contributed by atoms with Crippen molar-refractivity contribution in [2.24, 2.45) is 0 Å². The van der Waals surface area contributed by atoms with Gasteiger partial charge >= 0.3 is 11.9 Å². The van der Waals surface area contributed by atoms with Crippen LogP contribution in [0.15, 0.2) is 35.9 Å². The van der Waals surface area contributed by atoms with E-state index in [1.807, 2.05) is 0 Å². The Labute approximate surface area is 136 Å². The van der Waals surface area contributed by atoms with E-state index in [2.05, 4.69) is 0 Å². The molecule has 8 heteroatoms. The zero-order chi connectivity index (χ0) is 17.9. The van der Waals surface area contributed by atoms with Crippen LogP contribution < -0.4 is 0 Å². The molecule has 1 aromatic rings. The van der Waals surface area contributed by atoms with E-state index in [-0.39, 0.29) is 23.5 Å². The van der Waals surface area contributed by atoms with Gasteiger partial charge in [0.15, 0.2) is 11.5 Å². The molecular formula is C16H16O8. The number of carbonyl (C=O) groups is 2. The molecule has 0 fully saturated rings. The number of benzene rings is 1. The summed E-state index contributed by atoms with van der Waals surface area (Å²) in [5, 5.41) is 46.9. The highest BCUT2D eigenvalue weighted by molar-refractivity contribution is 5.88. The Morgan fingerprint density at radius 3 is 2.50 bits per heavy atom. The van der Waals surface area contributed by atoms with Crippen molar-refractivity contribution < 1.29 is 39.9 Å². The maximum Gasteiger partial charge on any atom is 0.331 e. The fraction of sp³-hybridized carbons (Fsp3) is 0.250. The highest BCUT2D eigenvalue weighted by atomic mass is 16.6. The standard InChI is InChI=1S/C16H16O8/c17-10-3-1-8(5-11(10)18)2-4-14(20)24-13-7-9(16(22)23)6-12(19)15(13)21/h1-6,12-13,15,17-19,21H,7H2,(H,22,23)/b4-2+/t12?,13-,15?/m1/s1. The molecule has 24 heavy (non-hydrogen) atoms. The summed E-state index contributed by atoms with van der Waals surface area (Å²) in [5.41, 5.74) is 0.260. The van der Waals surface area contributed by atoms with E-state index in [4.69, 9.17) is 9.84 Å². The Hall–Kier alpha value is -2.84. The van der Waals surface area contributed by atoms with Gasteiger partial charge in [-0.05, 0) is 29.8 Å². The third-order valence-electron chi connectivity index (χ3n) is 3.48. The number of aliphatic hydroxyl groups excluding tert-OH is 2. The Morgan fingerprint density at radius 1 is 1.17 bits per heavy atom. The summed E-state index contributed by atoms with van der Waals surface area (Å²) in [6.07, 6.45) is -0.963. The summed E-state index contributed by atoms with van der Waals surface area (Å²) >= 11 is 0. The molecule has 8 nitrogen and oxygen atoms in total. The fourth-order valence-electron chi connectivity index (χ4n) is 2.20. The molecule has 0 amide bonds. The van der Waals surface area contributed by atoms with Crippen molar-refractivity contribution in [1.82, 2.24) is 0 Å². The third-order valence-corrected chi connectivity index (χ3v) is 3.48. The van der Waals surface area contributed by atoms with Crippen LogP contribution in [0.4, 0.5) is 0 Å². The number of hydrogen-bond acceptors (Lipinski definition) is 7. The summed E-state index contributed by atoms with van der Waals surface area (Å²) in [6.45, 7) is 0. The first kappa shape index (κ1) is 17.5. The first-order valence-corrected chi connectivity index (χ1v) is 6.98. The number of ether oxygens (including phenoxy) is 1. The SMILES string of the molecule is O=C(/C=C/c1ccc(O)c(O)c1)O[C@@H]1CC(C(=O)O)=CC(O)C1O. The molecule has 0 heterocycles. The van der Waals surface area contributed by atoms with Crippen molar-refractivity contribution in [1.29, 1.82) is 0 Å². The van der Waals surface area contributed by atoms with E-state index in [1.165, 1.54) is 24.3 Å². The van der Waals surface area contributed by atoms with Crippen LogP contribution in [-0.4, -0.2) is 55.8 Å². The van der Waals surface area contributed by atoms with Gasteiger partial charge in [-0.25, -0.2) is 9.59 Å². The molecule has 3 atom stereocenters. The van der Waals surface area contributed by atoms with Gasteiger partial charge in [0, 0.05) is 18.1 Å². The maximum atomic E-state index is 11.8. The lowest BCUT2D eigenvalue weighted by Crippen LogP contribution is -2.43. The van der Waals surface area contributed by atoms with Crippen LogP contribution in [0.25, 0.3) is 6.08 Å². The number of hydrogen-bond donors (Lipinski definition) is 5. The maximum absolute atomic E-state index is 11.8. The summed E-state index contributed by atoms with van der Waals surface area (Å²) in [7, 11) is 0. The van der Waals surface area contributed by atoms with Crippen molar-refractivity contribution in [2.45, 2.75) is 24.7 Å². The molecule has 0 spiro atoms. The summed E-state index contributed by atoms with van der Waals surface area (Å²) in [4.78, 5) is 22.7. The number of phenolic OH excluding ortho intramolecular Hbond substituents is 2. The Bertz CT molecular complexity index is 706. The van der Waals surface area contributed by atoms with Gasteiger partial charge in [0.1, 0.15) is 18.3 Å². The first-order chi connectivity index (χ1) is 11.3. The molecule has 0 bridgehead atoms. The summed E-state index contributed by atoms with van der Waals surface area (Å²) < 4.78 is 4.98. The van der Waals surface area contributed by atoms with Crippen molar-refractivity contribution in [3.63, 3.8) is 0 Å². The van der Waals surface area contributed by atoms with E-state index in [1.54, 1.807) is 0 Å². The van der Waals surface area contributed by atoms with E-state index < -0.39 is 30.3 Å². The normalized spacial score (nSPS) is 23.8. The molecule has 5 N–H and O–H groups in total. The predicted molar refractivity (Wildman–Crippen MR) is 81.0 cm³/mol. The average molecular weight is 336 g/mol. The molecular weight excluding hydrogens is 320 g/mol. The van der Waals surface area contributed by atoms with E-state index in [0.29, 0.717) is 5.56 Å². The second-order valence-electron chi connectivity index (χ2n) is 5.24. The summed E-state index contributed by atoms with van der Waals surface area (Å²) in [5.74, 6) is -2.78. The number of rotatable bonds is 4. The van der Waals surface area contributed by atoms with Crippen LogP contribution in [-0.2, 0) is 14.3 Å². The molecule has 0 saturated carbocycles. The third kappa shape index (κ3) is 4.12. The zero-order valence-electron chi connectivity index (χ0n) is 12.4. The van der Waals surface area contributed by atoms with Crippen LogP contribution in [0, 0.1) is 0 Å². The number of aliphatic carboxylic acids is 1. The molecule has 1 aromatic carbocycles. The number of aliphatic hydroxyl groups is 2. The Balaban J connectivity index is 2.03. The van der Waals surface area contributed by atoms with Gasteiger partial charge in [-0.15, -0.1) is 0 Å². The van der Waals surface area contributed by atoms with Gasteiger partial charge in [0.05, 0.1) is 0 Å². The Kier molecular flexibility index (Phi) is 5.22. The topological polar surface area (TPSA) is 145 Å². The second-order valence-corrected chi connectivity index (χ2v) is 5.24. The van der Waals surface area contributed by atoms with Crippen molar-refractivity contribution in [3.05, 3.63) is 41.5 Å². The lowest BCUT2D eigenvalue weighted by atomic mass is 9.92. The minimum atomic E-state index is -1.44. The highest BCUT2D eigenvalue weighted by Crippen LogP contribution is 2.26. The number of phenols is 2. The lowest BCUT2D eigenvalue weighted by molar-refractivity contribution is -0.154. The van der Waals surface area contributed by atoms with E-state index in [0.717, 1.165) is 12.2 Å². The number of aromatic hydroxyl groups is 2. The Morgan fingerprint density at radius 2 is 1.88 bits per heavy atom. The van der Waals surface area contributed by atoms with Crippen LogP contribution in [0.3, 0.4) is 0 Å². The lowest BCUT2D eigenvalue weighted by Gasteiger charge is -2.29. The zero-order valence-corrected chi connectivity index (χ0v) is 12.4. The fourth-order valence-corrected chi connectivity index (χ4v) is 2.20. The predicted octanol–water partition coefficient (Wildman–Crippen LogP) is 0.159. The summed E-state index contributed by atoms with van der Waals surface area (Å²) in [6, 6.07) is 3.92. The number of carbonyl (C=O) groups excluding carboxylic acids is 1. The average Bonchev–Trinajstić information content (AvgIpc) is 2.52. The van der Waals surface area contributed by atoms with Crippen molar-refractivity contribution in [3.8, 4) is 11.5 Å². The van der Waals surface area contributed by atoms with Gasteiger partial charge in [-0.3, -0.25) is 0 Å². The number of carboxylic acid groups (broad SMARTS) is 1. The van der Waals surface area contributed by atoms with Crippen LogP contribution in [0.1, 0.15) is 12.0 Å². The first-order valence-electron chi connectivity index (χ1n) is 6.98. The number of carboxylic acids is 1. The van der Waals surface area contributed by atoms with Crippen LogP contribution in [0.5, 0.6) is 11.5 Å². The van der Waals surface area contributed by atoms with E-state index in [9.17, 15) is 30.0 Å². The molecule has 0 aromatic heterocycles. The molecule has 0 aliphatic heterocycles. The molecule has 2 unspecified atom stereocenters. The van der Waals surface area contributed by atoms with Gasteiger partial charge in [-0.1, -0.05) is 6.07 Å². The number of esters is 1. The van der Waals surface area contributed by atoms with Crippen LogP contribution in [0.2, 0.25) is 0 Å². The molecule has 0 saturated heterocycles. The van der Waals surface area contributed by atoms with Gasteiger partial charge in [-0.2, -0.15) is 0 Å². The molecule has 1 aliphatic rings. The second kappa shape index (κ2) is 7.16. The van der Waals surface area contributed by atoms with Gasteiger partial charge in [0.2, 0.25) is 0 Å². The monoisotopic (exact) mass is 336 g/mol. The molecule has 0 radical (unpaired) electrons. The van der Waals surface area contributed by atoms with Gasteiger partial charge < -0.3 is 30.3 Å². The van der Waals surface area contributed by atoms with Gasteiger partial charge in [0.25, 0.3) is 0 Å². The molecule has 1 aliphatic carbocycles. The molecule has 2 rings (SSSR count). The van der Waals surface area contributed by atoms with Crippen molar-refractivity contribution in [2.75, 3.05) is 0 Å². The van der Waals surface area contributed by atoms with Crippen molar-refractivity contribution >= 4 is 18.0 Å². The highest BCUT2D eigenvalue weighted by Gasteiger charge is 2.35. The molecule has 128 valence electrons. The van der Waals surface area contributed by atoms with Crippen LogP contribution >= 0.6 is 0 Å². The minimum absolute atomic E-state index is 0.155. The smallest absolute Gasteiger partial charge is 0.331 e. The largest absolute Gasteiger partial charge is 0.504 e. The minimum Gasteiger partial charge on any atom is -0.504 e. The quantitative estimate of drug-likeness (QED) is 0.297.